The van der Waals surface area contributed by atoms with Crippen molar-refractivity contribution in [2.75, 3.05) is 51.0 Å². The molecule has 21 heavy (non-hydrogen) atoms. The first-order valence-corrected chi connectivity index (χ1v) is 7.46. The molecule has 2 aromatic rings. The molecule has 0 unspecified atom stereocenters. The average Bonchev–Trinajstić information content (AvgIpc) is 2.94. The van der Waals surface area contributed by atoms with E-state index >= 15 is 0 Å². The van der Waals surface area contributed by atoms with Crippen LogP contribution < -0.4 is 10.2 Å². The number of nitrogens with zero attached hydrogens (tertiary/aromatic N) is 5. The summed E-state index contributed by atoms with van der Waals surface area (Å²) >= 11 is 0. The summed E-state index contributed by atoms with van der Waals surface area (Å²) in [6, 6.07) is 0. The predicted molar refractivity (Wildman–Crippen MR) is 84.7 cm³/mol. The van der Waals surface area contributed by atoms with Gasteiger partial charge in [-0.25, -0.2) is 4.98 Å². The minimum absolute atomic E-state index is 0.625. The van der Waals surface area contributed by atoms with E-state index in [9.17, 15) is 0 Å². The van der Waals surface area contributed by atoms with Crippen LogP contribution in [0.25, 0.3) is 11.2 Å². The highest BCUT2D eigenvalue weighted by Gasteiger charge is 2.23. The maximum atomic E-state index is 4.62. The van der Waals surface area contributed by atoms with Gasteiger partial charge in [-0.1, -0.05) is 0 Å². The third-order valence-corrected chi connectivity index (χ3v) is 4.03. The van der Waals surface area contributed by atoms with Crippen molar-refractivity contribution in [3.63, 3.8) is 0 Å². The molecule has 1 aliphatic heterocycles. The van der Waals surface area contributed by atoms with E-state index in [-0.39, 0.29) is 0 Å². The number of H-pyrrole nitrogens is 1. The monoisotopic (exact) mass is 289 g/mol. The summed E-state index contributed by atoms with van der Waals surface area (Å²) in [7, 11) is 6.12. The number of fused-ring (bicyclic) bond motifs is 1. The predicted octanol–water partition coefficient (Wildman–Crippen LogP) is 1.17. The Balaban J connectivity index is 1.80. The molecule has 1 saturated heterocycles. The van der Waals surface area contributed by atoms with Crippen molar-refractivity contribution in [1.82, 2.24) is 24.8 Å². The molecule has 0 spiro atoms. The molecule has 3 rings (SSSR count). The summed E-state index contributed by atoms with van der Waals surface area (Å²) in [6.45, 7) is 3.23. The maximum Gasteiger partial charge on any atom is 0.226 e. The van der Waals surface area contributed by atoms with Gasteiger partial charge in [0.25, 0.3) is 0 Å². The molecule has 0 bridgehead atoms. The van der Waals surface area contributed by atoms with Gasteiger partial charge in [-0.15, -0.1) is 0 Å². The zero-order valence-electron chi connectivity index (χ0n) is 12.9. The molecule has 7 heteroatoms. The fraction of sp³-hybridized carbons (Fsp3) is 0.643. The summed E-state index contributed by atoms with van der Waals surface area (Å²) in [5, 5.41) is 3.01. The van der Waals surface area contributed by atoms with Crippen molar-refractivity contribution >= 4 is 22.9 Å². The van der Waals surface area contributed by atoms with E-state index in [1.807, 2.05) is 7.05 Å². The molecule has 2 N–H and O–H groups in total. The first kappa shape index (κ1) is 14.1. The molecule has 0 aliphatic carbocycles. The highest BCUT2D eigenvalue weighted by atomic mass is 15.2. The normalized spacial score (nSPS) is 16.9. The van der Waals surface area contributed by atoms with Gasteiger partial charge in [0.1, 0.15) is 5.52 Å². The van der Waals surface area contributed by atoms with Crippen LogP contribution in [0.2, 0.25) is 0 Å². The summed E-state index contributed by atoms with van der Waals surface area (Å²) in [5.74, 6) is 2.37. The average molecular weight is 289 g/mol. The Morgan fingerprint density at radius 2 is 2.10 bits per heavy atom. The number of rotatable bonds is 4. The zero-order valence-corrected chi connectivity index (χ0v) is 12.9. The van der Waals surface area contributed by atoms with Crippen molar-refractivity contribution in [1.29, 1.82) is 0 Å². The molecular formula is C14H23N7. The second kappa shape index (κ2) is 5.85. The Morgan fingerprint density at radius 3 is 2.76 bits per heavy atom. The van der Waals surface area contributed by atoms with E-state index in [1.165, 1.54) is 19.4 Å². The lowest BCUT2D eigenvalue weighted by atomic mass is 9.96. The standard InChI is InChI=1S/C14H23N7/c1-15-14-18-12-11(16-9-17-12)13(19-14)21-6-4-10(5-7-21)8-20(2)3/h9-10H,4-8H2,1-3H3,(H2,15,16,17,18,19). The molecule has 1 fully saturated rings. The first-order chi connectivity index (χ1) is 10.2. The van der Waals surface area contributed by atoms with Crippen molar-refractivity contribution in [3.05, 3.63) is 6.33 Å². The van der Waals surface area contributed by atoms with Gasteiger partial charge < -0.3 is 20.1 Å². The minimum atomic E-state index is 0.625. The van der Waals surface area contributed by atoms with Crippen LogP contribution in [0.3, 0.4) is 0 Å². The quantitative estimate of drug-likeness (QED) is 0.880. The van der Waals surface area contributed by atoms with Crippen molar-refractivity contribution in [2.24, 2.45) is 5.92 Å². The van der Waals surface area contributed by atoms with Gasteiger partial charge in [0, 0.05) is 26.7 Å². The lowest BCUT2D eigenvalue weighted by Gasteiger charge is -2.34. The van der Waals surface area contributed by atoms with Crippen molar-refractivity contribution in [3.8, 4) is 0 Å². The smallest absolute Gasteiger partial charge is 0.226 e. The number of piperidine rings is 1. The largest absolute Gasteiger partial charge is 0.357 e. The second-order valence-electron chi connectivity index (χ2n) is 5.91. The van der Waals surface area contributed by atoms with Gasteiger partial charge in [0.05, 0.1) is 6.33 Å². The molecule has 0 atom stereocenters. The maximum absolute atomic E-state index is 4.62. The Hall–Kier alpha value is -1.89. The molecule has 0 saturated carbocycles. The second-order valence-corrected chi connectivity index (χ2v) is 5.91. The molecule has 1 aliphatic rings. The molecule has 0 aromatic carbocycles. The van der Waals surface area contributed by atoms with Crippen LogP contribution in [0.4, 0.5) is 11.8 Å². The van der Waals surface area contributed by atoms with E-state index in [0.29, 0.717) is 5.95 Å². The molecule has 2 aromatic heterocycles. The number of hydrogen-bond donors (Lipinski definition) is 2. The summed E-state index contributed by atoms with van der Waals surface area (Å²) in [6.07, 6.45) is 4.08. The van der Waals surface area contributed by atoms with E-state index in [0.717, 1.165) is 36.0 Å². The number of nitrogens with one attached hydrogen (secondary N) is 2. The van der Waals surface area contributed by atoms with Gasteiger partial charge >= 0.3 is 0 Å². The van der Waals surface area contributed by atoms with E-state index in [2.05, 4.69) is 49.1 Å². The van der Waals surface area contributed by atoms with Crippen molar-refractivity contribution in [2.45, 2.75) is 12.8 Å². The van der Waals surface area contributed by atoms with Crippen LogP contribution in [0, 0.1) is 5.92 Å². The highest BCUT2D eigenvalue weighted by molar-refractivity contribution is 5.84. The van der Waals surface area contributed by atoms with E-state index < -0.39 is 0 Å². The lowest BCUT2D eigenvalue weighted by molar-refractivity contribution is 0.285. The Morgan fingerprint density at radius 1 is 1.33 bits per heavy atom. The number of anilines is 2. The molecule has 7 nitrogen and oxygen atoms in total. The van der Waals surface area contributed by atoms with Crippen LogP contribution in [0.1, 0.15) is 12.8 Å². The number of aromatic amines is 1. The fourth-order valence-corrected chi connectivity index (χ4v) is 3.00. The van der Waals surface area contributed by atoms with Gasteiger partial charge in [-0.2, -0.15) is 9.97 Å². The Kier molecular flexibility index (Phi) is 3.92. The van der Waals surface area contributed by atoms with Crippen molar-refractivity contribution < 1.29 is 0 Å². The van der Waals surface area contributed by atoms with Gasteiger partial charge in [-0.3, -0.25) is 0 Å². The van der Waals surface area contributed by atoms with E-state index in [4.69, 9.17) is 0 Å². The molecule has 114 valence electrons. The molecule has 3 heterocycles. The third-order valence-electron chi connectivity index (χ3n) is 4.03. The van der Waals surface area contributed by atoms with E-state index in [1.54, 1.807) is 6.33 Å². The number of imidazole rings is 1. The van der Waals surface area contributed by atoms with Crippen LogP contribution in [-0.2, 0) is 0 Å². The van der Waals surface area contributed by atoms with Gasteiger partial charge in [0.2, 0.25) is 5.95 Å². The SMILES string of the molecule is CNc1nc(N2CCC(CN(C)C)CC2)c2[nH]cnc2n1. The number of aromatic nitrogens is 4. The fourth-order valence-electron chi connectivity index (χ4n) is 3.00. The Bertz CT molecular complexity index is 598. The summed E-state index contributed by atoms with van der Waals surface area (Å²) in [4.78, 5) is 21.0. The Labute approximate surface area is 124 Å². The van der Waals surface area contributed by atoms with Gasteiger partial charge in [0.15, 0.2) is 11.5 Å². The molecule has 0 amide bonds. The third kappa shape index (κ3) is 2.92. The van der Waals surface area contributed by atoms with Gasteiger partial charge in [-0.05, 0) is 32.9 Å². The summed E-state index contributed by atoms with van der Waals surface area (Å²) < 4.78 is 0. The topological polar surface area (TPSA) is 73.0 Å². The highest BCUT2D eigenvalue weighted by Crippen LogP contribution is 2.27. The lowest BCUT2D eigenvalue weighted by Crippen LogP contribution is -2.37. The summed E-state index contributed by atoms with van der Waals surface area (Å²) in [5.41, 5.74) is 1.65. The molecule has 0 radical (unpaired) electrons. The first-order valence-electron chi connectivity index (χ1n) is 7.46. The number of hydrogen-bond acceptors (Lipinski definition) is 6. The van der Waals surface area contributed by atoms with Crippen LogP contribution >= 0.6 is 0 Å². The zero-order chi connectivity index (χ0) is 14.8. The van der Waals surface area contributed by atoms with Crippen LogP contribution in [0.15, 0.2) is 6.33 Å². The van der Waals surface area contributed by atoms with Crippen LogP contribution in [0.5, 0.6) is 0 Å². The minimum Gasteiger partial charge on any atom is -0.357 e. The van der Waals surface area contributed by atoms with Crippen LogP contribution in [-0.4, -0.2) is 65.6 Å². The molecular weight excluding hydrogens is 266 g/mol.